The highest BCUT2D eigenvalue weighted by atomic mass is 35.5. The molecule has 0 spiro atoms. The summed E-state index contributed by atoms with van der Waals surface area (Å²) in [7, 11) is 3.48. The van der Waals surface area contributed by atoms with E-state index in [-0.39, 0.29) is 6.04 Å². The second-order valence-electron chi connectivity index (χ2n) is 3.89. The van der Waals surface area contributed by atoms with Crippen LogP contribution in [0.3, 0.4) is 0 Å². The van der Waals surface area contributed by atoms with Gasteiger partial charge < -0.3 is 10.1 Å². The topological polar surface area (TPSA) is 21.3 Å². The Balaban J connectivity index is 2.50. The van der Waals surface area contributed by atoms with Crippen molar-refractivity contribution in [1.82, 2.24) is 5.32 Å². The lowest BCUT2D eigenvalue weighted by atomic mass is 10.0. The molecule has 19 heavy (non-hydrogen) atoms. The Morgan fingerprint density at radius 2 is 1.89 bits per heavy atom. The van der Waals surface area contributed by atoms with Crippen molar-refractivity contribution >= 4 is 46.1 Å². The number of halogens is 3. The highest BCUT2D eigenvalue weighted by Crippen LogP contribution is 2.40. The molecule has 1 aromatic carbocycles. The average Bonchev–Trinajstić information content (AvgIpc) is 2.71. The third kappa shape index (κ3) is 3.18. The second-order valence-corrected chi connectivity index (χ2v) is 6.61. The highest BCUT2D eigenvalue weighted by molar-refractivity contribution is 7.20. The molecule has 0 saturated carbocycles. The molecular weight excluding hydrogens is 325 g/mol. The van der Waals surface area contributed by atoms with E-state index in [1.54, 1.807) is 13.2 Å². The summed E-state index contributed by atoms with van der Waals surface area (Å²) in [6, 6.07) is 7.30. The van der Waals surface area contributed by atoms with Gasteiger partial charge in [-0.25, -0.2) is 0 Å². The van der Waals surface area contributed by atoms with E-state index in [1.807, 2.05) is 25.2 Å². The fraction of sp³-hybridized carbons (Fsp3) is 0.231. The van der Waals surface area contributed by atoms with E-state index in [4.69, 9.17) is 39.5 Å². The van der Waals surface area contributed by atoms with Crippen molar-refractivity contribution in [2.45, 2.75) is 6.04 Å². The van der Waals surface area contributed by atoms with Crippen LogP contribution in [0.5, 0.6) is 5.75 Å². The molecule has 0 aliphatic heterocycles. The summed E-state index contributed by atoms with van der Waals surface area (Å²) in [6.45, 7) is 0. The molecule has 0 aliphatic carbocycles. The number of nitrogens with one attached hydrogen (secondary N) is 1. The quantitative estimate of drug-likeness (QED) is 0.846. The molecule has 1 heterocycles. The average molecular weight is 337 g/mol. The Bertz CT molecular complexity index is 585. The fourth-order valence-electron chi connectivity index (χ4n) is 1.95. The van der Waals surface area contributed by atoms with E-state index in [9.17, 15) is 0 Å². The van der Waals surface area contributed by atoms with E-state index < -0.39 is 0 Å². The number of ether oxygens (including phenoxy) is 1. The number of benzene rings is 1. The zero-order valence-corrected chi connectivity index (χ0v) is 13.4. The molecule has 2 rings (SSSR count). The van der Waals surface area contributed by atoms with E-state index in [1.165, 1.54) is 11.3 Å². The van der Waals surface area contributed by atoms with E-state index >= 15 is 0 Å². The summed E-state index contributed by atoms with van der Waals surface area (Å²) in [6.07, 6.45) is 0. The zero-order valence-electron chi connectivity index (χ0n) is 10.3. The van der Waals surface area contributed by atoms with Gasteiger partial charge in [-0.1, -0.05) is 40.9 Å². The molecule has 2 aromatic rings. The number of thiophene rings is 1. The molecule has 0 fully saturated rings. The van der Waals surface area contributed by atoms with Gasteiger partial charge in [0, 0.05) is 16.1 Å². The third-order valence-corrected chi connectivity index (χ3v) is 4.54. The number of hydrogen-bond donors (Lipinski definition) is 1. The van der Waals surface area contributed by atoms with Crippen LogP contribution in [0.4, 0.5) is 0 Å². The van der Waals surface area contributed by atoms with Crippen LogP contribution in [0.15, 0.2) is 24.3 Å². The first kappa shape index (κ1) is 14.9. The largest absolute Gasteiger partial charge is 0.496 e. The molecule has 0 aliphatic rings. The maximum absolute atomic E-state index is 6.22. The first-order valence-corrected chi connectivity index (χ1v) is 7.47. The van der Waals surface area contributed by atoms with Gasteiger partial charge in [-0.05, 0) is 25.2 Å². The molecule has 102 valence electrons. The van der Waals surface area contributed by atoms with Crippen molar-refractivity contribution in [3.63, 3.8) is 0 Å². The van der Waals surface area contributed by atoms with Gasteiger partial charge in [0.25, 0.3) is 0 Å². The minimum Gasteiger partial charge on any atom is -0.496 e. The van der Waals surface area contributed by atoms with Crippen LogP contribution in [0.2, 0.25) is 13.7 Å². The van der Waals surface area contributed by atoms with Crippen molar-refractivity contribution in [2.24, 2.45) is 0 Å². The minimum absolute atomic E-state index is 0.0940. The molecule has 0 saturated heterocycles. The van der Waals surface area contributed by atoms with Crippen LogP contribution in [0.1, 0.15) is 17.2 Å². The molecule has 0 radical (unpaired) electrons. The highest BCUT2D eigenvalue weighted by Gasteiger charge is 2.21. The molecule has 1 unspecified atom stereocenters. The molecule has 1 N–H and O–H groups in total. The Morgan fingerprint density at radius 3 is 2.42 bits per heavy atom. The van der Waals surface area contributed by atoms with Gasteiger partial charge in [0.1, 0.15) is 5.75 Å². The number of methoxy groups -OCH3 is 1. The second kappa shape index (κ2) is 6.33. The van der Waals surface area contributed by atoms with E-state index in [2.05, 4.69) is 5.32 Å². The third-order valence-electron chi connectivity index (χ3n) is 2.79. The molecule has 6 heteroatoms. The maximum Gasteiger partial charge on any atom is 0.125 e. The van der Waals surface area contributed by atoms with Crippen molar-refractivity contribution in [3.05, 3.63) is 49.1 Å². The van der Waals surface area contributed by atoms with Gasteiger partial charge in [0.05, 0.1) is 21.8 Å². The Morgan fingerprint density at radius 1 is 1.16 bits per heavy atom. The first-order valence-electron chi connectivity index (χ1n) is 5.52. The summed E-state index contributed by atoms with van der Waals surface area (Å²) >= 11 is 19.6. The van der Waals surface area contributed by atoms with Crippen molar-refractivity contribution in [1.29, 1.82) is 0 Å². The van der Waals surface area contributed by atoms with E-state index in [0.717, 1.165) is 11.1 Å². The van der Waals surface area contributed by atoms with Crippen LogP contribution < -0.4 is 10.1 Å². The SMILES string of the molecule is CNC(c1ccc(Cl)cc1OC)c1cc(Cl)sc1Cl. The van der Waals surface area contributed by atoms with Gasteiger partial charge in [-0.15, -0.1) is 11.3 Å². The fourth-order valence-corrected chi connectivity index (χ4v) is 3.65. The molecule has 0 amide bonds. The van der Waals surface area contributed by atoms with Crippen LogP contribution in [-0.4, -0.2) is 14.2 Å². The predicted molar refractivity (Wildman–Crippen MR) is 83.2 cm³/mol. The minimum atomic E-state index is -0.0940. The summed E-state index contributed by atoms with van der Waals surface area (Å²) in [5, 5.41) is 3.85. The molecular formula is C13H12Cl3NOS. The Labute approximate surface area is 131 Å². The van der Waals surface area contributed by atoms with Crippen LogP contribution in [-0.2, 0) is 0 Å². The lowest BCUT2D eigenvalue weighted by Crippen LogP contribution is -2.18. The van der Waals surface area contributed by atoms with Crippen LogP contribution in [0, 0.1) is 0 Å². The first-order chi connectivity index (χ1) is 9.06. The summed E-state index contributed by atoms with van der Waals surface area (Å²) in [5.41, 5.74) is 1.89. The van der Waals surface area contributed by atoms with Gasteiger partial charge in [0.2, 0.25) is 0 Å². The molecule has 2 nitrogen and oxygen atoms in total. The summed E-state index contributed by atoms with van der Waals surface area (Å²) in [4.78, 5) is 0. The van der Waals surface area contributed by atoms with Gasteiger partial charge in [-0.3, -0.25) is 0 Å². The van der Waals surface area contributed by atoms with Gasteiger partial charge in [-0.2, -0.15) is 0 Å². The number of rotatable bonds is 4. The molecule has 1 aromatic heterocycles. The zero-order chi connectivity index (χ0) is 14.0. The van der Waals surface area contributed by atoms with Gasteiger partial charge in [0.15, 0.2) is 0 Å². The van der Waals surface area contributed by atoms with Crippen molar-refractivity contribution in [2.75, 3.05) is 14.2 Å². The lowest BCUT2D eigenvalue weighted by molar-refractivity contribution is 0.405. The standard InChI is InChI=1S/C13H12Cl3NOS/c1-17-12(9-6-11(15)19-13(9)16)8-4-3-7(14)5-10(8)18-2/h3-6,12,17H,1-2H3. The van der Waals surface area contributed by atoms with Crippen molar-refractivity contribution < 1.29 is 4.74 Å². The number of hydrogen-bond acceptors (Lipinski definition) is 3. The van der Waals surface area contributed by atoms with Gasteiger partial charge >= 0.3 is 0 Å². The Hall–Kier alpha value is -0.450. The van der Waals surface area contributed by atoms with Crippen LogP contribution >= 0.6 is 46.1 Å². The normalized spacial score (nSPS) is 12.5. The molecule has 1 atom stereocenters. The van der Waals surface area contributed by atoms with E-state index in [0.29, 0.717) is 19.4 Å². The van der Waals surface area contributed by atoms with Crippen LogP contribution in [0.25, 0.3) is 0 Å². The molecule has 0 bridgehead atoms. The lowest BCUT2D eigenvalue weighted by Gasteiger charge is -2.19. The predicted octanol–water partition coefficient (Wildman–Crippen LogP) is 5.03. The summed E-state index contributed by atoms with van der Waals surface area (Å²) < 4.78 is 6.71. The Kier molecular flexibility index (Phi) is 4.98. The summed E-state index contributed by atoms with van der Waals surface area (Å²) in [5.74, 6) is 0.713. The van der Waals surface area contributed by atoms with Crippen molar-refractivity contribution in [3.8, 4) is 5.75 Å². The maximum atomic E-state index is 6.22. The smallest absolute Gasteiger partial charge is 0.125 e. The monoisotopic (exact) mass is 335 g/mol.